The van der Waals surface area contributed by atoms with Gasteiger partial charge in [0, 0.05) is 12.6 Å². The summed E-state index contributed by atoms with van der Waals surface area (Å²) in [5, 5.41) is 0. The number of nitrogens with zero attached hydrogens (tertiary/aromatic N) is 1. The molecule has 1 aliphatic carbocycles. The molecule has 1 heteroatoms. The van der Waals surface area contributed by atoms with Crippen molar-refractivity contribution in [1.82, 2.24) is 4.90 Å². The smallest absolute Gasteiger partial charge is 0.0127 e. The first-order valence-electron chi connectivity index (χ1n) is 6.19. The van der Waals surface area contributed by atoms with Gasteiger partial charge in [0.25, 0.3) is 0 Å². The fraction of sp³-hybridized carbons (Fsp3) is 1.00. The molecular formula is C12H21N. The number of hydrogen-bond acceptors (Lipinski definition) is 1. The van der Waals surface area contributed by atoms with Gasteiger partial charge in [0.05, 0.1) is 0 Å². The Labute approximate surface area is 81.5 Å². The molecule has 2 heterocycles. The van der Waals surface area contributed by atoms with Gasteiger partial charge in [-0.05, 0) is 44.1 Å². The summed E-state index contributed by atoms with van der Waals surface area (Å²) in [6, 6.07) is 1.01. The standard InChI is InChI=1S/C12H21N/c1-2-7-12-11-6-4-5-10(11)9-13(12)8-3-1/h10-12H,1-9H2. The van der Waals surface area contributed by atoms with E-state index in [1.807, 2.05) is 0 Å². The number of fused-ring (bicyclic) bond motifs is 3. The van der Waals surface area contributed by atoms with Crippen LogP contribution >= 0.6 is 0 Å². The highest BCUT2D eigenvalue weighted by Gasteiger charge is 2.43. The quantitative estimate of drug-likeness (QED) is 0.552. The SMILES string of the molecule is C1CCC2C3CCCC3CN2CC1. The molecule has 3 aliphatic rings. The van der Waals surface area contributed by atoms with Gasteiger partial charge in [-0.1, -0.05) is 19.3 Å². The van der Waals surface area contributed by atoms with Crippen LogP contribution in [0.4, 0.5) is 0 Å². The Morgan fingerprint density at radius 3 is 2.85 bits per heavy atom. The van der Waals surface area contributed by atoms with Gasteiger partial charge in [-0.25, -0.2) is 0 Å². The average molecular weight is 179 g/mol. The molecule has 0 N–H and O–H groups in total. The average Bonchev–Trinajstić information content (AvgIpc) is 2.61. The summed E-state index contributed by atoms with van der Waals surface area (Å²) in [6.07, 6.45) is 10.6. The van der Waals surface area contributed by atoms with E-state index < -0.39 is 0 Å². The first-order valence-corrected chi connectivity index (χ1v) is 6.19. The summed E-state index contributed by atoms with van der Waals surface area (Å²) in [5.41, 5.74) is 0. The molecule has 0 radical (unpaired) electrons. The maximum atomic E-state index is 2.82. The van der Waals surface area contributed by atoms with Gasteiger partial charge in [-0.15, -0.1) is 0 Å². The summed E-state index contributed by atoms with van der Waals surface area (Å²) in [7, 11) is 0. The highest BCUT2D eigenvalue weighted by Crippen LogP contribution is 2.44. The predicted molar refractivity (Wildman–Crippen MR) is 54.7 cm³/mol. The molecule has 0 aromatic carbocycles. The molecule has 3 fully saturated rings. The second-order valence-corrected chi connectivity index (χ2v) is 5.27. The molecule has 2 saturated heterocycles. The van der Waals surface area contributed by atoms with E-state index in [9.17, 15) is 0 Å². The van der Waals surface area contributed by atoms with Crippen molar-refractivity contribution in [3.05, 3.63) is 0 Å². The summed E-state index contributed by atoms with van der Waals surface area (Å²) >= 11 is 0. The van der Waals surface area contributed by atoms with Crippen LogP contribution in [-0.2, 0) is 0 Å². The van der Waals surface area contributed by atoms with Crippen LogP contribution in [0.1, 0.15) is 44.9 Å². The topological polar surface area (TPSA) is 3.24 Å². The zero-order valence-corrected chi connectivity index (χ0v) is 8.54. The fourth-order valence-corrected chi connectivity index (χ4v) is 4.01. The molecular weight excluding hydrogens is 158 g/mol. The Kier molecular flexibility index (Phi) is 2.08. The van der Waals surface area contributed by atoms with Crippen molar-refractivity contribution in [2.45, 2.75) is 51.0 Å². The third kappa shape index (κ3) is 1.32. The molecule has 1 saturated carbocycles. The largest absolute Gasteiger partial charge is 0.300 e. The third-order valence-electron chi connectivity index (χ3n) is 4.60. The van der Waals surface area contributed by atoms with E-state index in [0.29, 0.717) is 0 Å². The summed E-state index contributed by atoms with van der Waals surface area (Å²) in [5.74, 6) is 2.21. The van der Waals surface area contributed by atoms with Gasteiger partial charge in [-0.3, -0.25) is 4.90 Å². The highest BCUT2D eigenvalue weighted by atomic mass is 15.2. The van der Waals surface area contributed by atoms with E-state index in [2.05, 4.69) is 4.90 Å². The molecule has 0 bridgehead atoms. The van der Waals surface area contributed by atoms with E-state index >= 15 is 0 Å². The van der Waals surface area contributed by atoms with Gasteiger partial charge in [0.2, 0.25) is 0 Å². The highest BCUT2D eigenvalue weighted by molar-refractivity contribution is 4.96. The second-order valence-electron chi connectivity index (χ2n) is 5.27. The van der Waals surface area contributed by atoms with E-state index in [1.165, 1.54) is 51.6 Å². The lowest BCUT2D eigenvalue weighted by Crippen LogP contribution is -2.31. The van der Waals surface area contributed by atoms with E-state index in [-0.39, 0.29) is 0 Å². The first-order chi connectivity index (χ1) is 6.45. The molecule has 0 amide bonds. The summed E-state index contributed by atoms with van der Waals surface area (Å²) in [4.78, 5) is 2.82. The van der Waals surface area contributed by atoms with Crippen molar-refractivity contribution in [3.63, 3.8) is 0 Å². The van der Waals surface area contributed by atoms with Crippen LogP contribution in [-0.4, -0.2) is 24.0 Å². The normalized spacial score (nSPS) is 45.7. The molecule has 3 unspecified atom stereocenters. The Morgan fingerprint density at radius 1 is 0.846 bits per heavy atom. The minimum atomic E-state index is 1.01. The molecule has 0 aromatic heterocycles. The molecule has 3 rings (SSSR count). The van der Waals surface area contributed by atoms with Crippen molar-refractivity contribution in [1.29, 1.82) is 0 Å². The Morgan fingerprint density at radius 2 is 1.85 bits per heavy atom. The lowest BCUT2D eigenvalue weighted by molar-refractivity contribution is 0.225. The Bertz CT molecular complexity index is 190. The lowest BCUT2D eigenvalue weighted by Gasteiger charge is -2.24. The Balaban J connectivity index is 1.77. The minimum Gasteiger partial charge on any atom is -0.300 e. The molecule has 0 spiro atoms. The van der Waals surface area contributed by atoms with Crippen LogP contribution in [0, 0.1) is 11.8 Å². The summed E-state index contributed by atoms with van der Waals surface area (Å²) in [6.45, 7) is 2.87. The molecule has 74 valence electrons. The summed E-state index contributed by atoms with van der Waals surface area (Å²) < 4.78 is 0. The molecule has 1 nitrogen and oxygen atoms in total. The van der Waals surface area contributed by atoms with Crippen LogP contribution in [0.2, 0.25) is 0 Å². The maximum Gasteiger partial charge on any atom is 0.0127 e. The van der Waals surface area contributed by atoms with Crippen molar-refractivity contribution in [2.75, 3.05) is 13.1 Å². The number of hydrogen-bond donors (Lipinski definition) is 0. The monoisotopic (exact) mass is 179 g/mol. The van der Waals surface area contributed by atoms with Crippen LogP contribution in [0.3, 0.4) is 0 Å². The zero-order chi connectivity index (χ0) is 8.67. The Hall–Kier alpha value is -0.0400. The van der Waals surface area contributed by atoms with Crippen LogP contribution in [0.25, 0.3) is 0 Å². The number of rotatable bonds is 0. The molecule has 0 aromatic rings. The van der Waals surface area contributed by atoms with Crippen LogP contribution < -0.4 is 0 Å². The fourth-order valence-electron chi connectivity index (χ4n) is 4.01. The van der Waals surface area contributed by atoms with Gasteiger partial charge < -0.3 is 0 Å². The second kappa shape index (κ2) is 3.27. The minimum absolute atomic E-state index is 1.01. The maximum absolute atomic E-state index is 2.82. The predicted octanol–water partition coefficient (Wildman–Crippen LogP) is 2.66. The van der Waals surface area contributed by atoms with E-state index in [1.54, 1.807) is 6.42 Å². The van der Waals surface area contributed by atoms with Crippen molar-refractivity contribution in [3.8, 4) is 0 Å². The van der Waals surface area contributed by atoms with Gasteiger partial charge >= 0.3 is 0 Å². The molecule has 3 atom stereocenters. The van der Waals surface area contributed by atoms with E-state index in [0.717, 1.165) is 17.9 Å². The van der Waals surface area contributed by atoms with Gasteiger partial charge in [0.1, 0.15) is 0 Å². The molecule has 2 aliphatic heterocycles. The van der Waals surface area contributed by atoms with Gasteiger partial charge in [-0.2, -0.15) is 0 Å². The van der Waals surface area contributed by atoms with Crippen molar-refractivity contribution < 1.29 is 0 Å². The zero-order valence-electron chi connectivity index (χ0n) is 8.54. The first kappa shape index (κ1) is 8.28. The van der Waals surface area contributed by atoms with Crippen LogP contribution in [0.15, 0.2) is 0 Å². The van der Waals surface area contributed by atoms with E-state index in [4.69, 9.17) is 0 Å². The van der Waals surface area contributed by atoms with Crippen LogP contribution in [0.5, 0.6) is 0 Å². The lowest BCUT2D eigenvalue weighted by atomic mass is 9.91. The van der Waals surface area contributed by atoms with Gasteiger partial charge in [0.15, 0.2) is 0 Å². The third-order valence-corrected chi connectivity index (χ3v) is 4.60. The van der Waals surface area contributed by atoms with Crippen molar-refractivity contribution >= 4 is 0 Å². The molecule has 13 heavy (non-hydrogen) atoms. The van der Waals surface area contributed by atoms with Crippen molar-refractivity contribution in [2.24, 2.45) is 11.8 Å².